The number of ether oxygens (including phenoxy) is 4. The molecule has 0 aliphatic heterocycles. The number of carbonyl (C=O) groups is 1. The third-order valence-corrected chi connectivity index (χ3v) is 7.24. The monoisotopic (exact) mass is 688 g/mol. The average Bonchev–Trinajstić information content (AvgIpc) is 3.16. The standard InChI is InChI=1S/C18H23N3O4.C18H18N2O3.H3NO/c1-18(2,17(22)24-3)11-25-15-9-8-14(10-20-15)12-4-6-13(7-5-12)16(19)21-23;1-18(2,17(21)22-3)12-23-16-9-8-15(11-20-16)14-6-4-13(10-19)5-7-14;1-2/h4-10,17,22-23H,11H2,1-3H3,(H2,19,21);4-9,11H,12H2,1-3H3;2H,1H2. The summed E-state index contributed by atoms with van der Waals surface area (Å²) in [5.41, 5.74) is 9.27. The van der Waals surface area contributed by atoms with Crippen LogP contribution in [0.1, 0.15) is 38.8 Å². The van der Waals surface area contributed by atoms with Gasteiger partial charge in [0.15, 0.2) is 12.1 Å². The zero-order valence-corrected chi connectivity index (χ0v) is 28.9. The molecule has 1 atom stereocenters. The number of pyridine rings is 2. The van der Waals surface area contributed by atoms with Gasteiger partial charge in [0.1, 0.15) is 6.61 Å². The third kappa shape index (κ3) is 11.8. The fourth-order valence-corrected chi connectivity index (χ4v) is 4.14. The number of nitrogens with zero attached hydrogens (tertiary/aromatic N) is 4. The molecule has 2 aromatic heterocycles. The first-order valence-electron chi connectivity index (χ1n) is 15.1. The lowest BCUT2D eigenvalue weighted by Gasteiger charge is -2.28. The van der Waals surface area contributed by atoms with Crippen molar-refractivity contribution in [2.24, 2.45) is 27.6 Å². The Morgan fingerprint density at radius 1 is 0.820 bits per heavy atom. The first-order chi connectivity index (χ1) is 23.8. The van der Waals surface area contributed by atoms with E-state index < -0.39 is 17.1 Å². The smallest absolute Gasteiger partial charge is 0.314 e. The number of rotatable bonds is 12. The largest absolute Gasteiger partial charge is 0.477 e. The lowest BCUT2D eigenvalue weighted by molar-refractivity contribution is -0.155. The summed E-state index contributed by atoms with van der Waals surface area (Å²) in [5.74, 6) is 4.15. The fourth-order valence-electron chi connectivity index (χ4n) is 4.14. The maximum absolute atomic E-state index is 11.6. The molecule has 0 bridgehead atoms. The van der Waals surface area contributed by atoms with Crippen molar-refractivity contribution in [1.29, 1.82) is 5.26 Å². The van der Waals surface area contributed by atoms with Gasteiger partial charge in [-0.25, -0.2) is 15.9 Å². The molecule has 4 aromatic rings. The number of hydrogen-bond acceptors (Lipinski definition) is 13. The summed E-state index contributed by atoms with van der Waals surface area (Å²) in [7, 11) is 2.81. The molecule has 2 heterocycles. The van der Waals surface area contributed by atoms with Crippen LogP contribution in [0.5, 0.6) is 11.8 Å². The van der Waals surface area contributed by atoms with Gasteiger partial charge < -0.3 is 40.2 Å². The minimum atomic E-state index is -0.916. The van der Waals surface area contributed by atoms with Gasteiger partial charge in [-0.05, 0) is 49.2 Å². The van der Waals surface area contributed by atoms with Crippen LogP contribution in [0.25, 0.3) is 22.3 Å². The quantitative estimate of drug-likeness (QED) is 0.0338. The van der Waals surface area contributed by atoms with Crippen LogP contribution in [0.2, 0.25) is 0 Å². The van der Waals surface area contributed by atoms with E-state index in [4.69, 9.17) is 40.4 Å². The van der Waals surface area contributed by atoms with Gasteiger partial charge in [0.25, 0.3) is 0 Å². The third-order valence-electron chi connectivity index (χ3n) is 7.24. The van der Waals surface area contributed by atoms with E-state index in [0.717, 1.165) is 22.3 Å². The van der Waals surface area contributed by atoms with Gasteiger partial charge in [0.2, 0.25) is 11.8 Å². The molecule has 50 heavy (non-hydrogen) atoms. The Morgan fingerprint density at radius 3 is 1.68 bits per heavy atom. The SMILES string of the molecule is COC(=O)C(C)(C)COc1ccc(-c2ccc(C#N)cc2)cn1.COC(O)C(C)(C)COc1ccc(-c2ccc(C(N)=NO)cc2)cn1.NO. The van der Waals surface area contributed by atoms with E-state index in [-0.39, 0.29) is 25.0 Å². The molecule has 266 valence electrons. The van der Waals surface area contributed by atoms with Crippen molar-refractivity contribution in [3.05, 3.63) is 96.3 Å². The van der Waals surface area contributed by atoms with Crippen molar-refractivity contribution in [2.75, 3.05) is 27.4 Å². The molecular weight excluding hydrogens is 644 g/mol. The summed E-state index contributed by atoms with van der Waals surface area (Å²) >= 11 is 0. The summed E-state index contributed by atoms with van der Waals surface area (Å²) in [6, 6.07) is 23.9. The second kappa shape index (κ2) is 19.4. The topological polar surface area (TPSA) is 229 Å². The maximum Gasteiger partial charge on any atom is 0.314 e. The summed E-state index contributed by atoms with van der Waals surface area (Å²) in [6.45, 7) is 7.65. The van der Waals surface area contributed by atoms with E-state index in [1.165, 1.54) is 14.2 Å². The van der Waals surface area contributed by atoms with Crippen LogP contribution in [0.3, 0.4) is 0 Å². The number of methoxy groups -OCH3 is 2. The molecule has 0 aliphatic rings. The number of aliphatic hydroxyl groups excluding tert-OH is 1. The first kappa shape index (κ1) is 40.6. The van der Waals surface area contributed by atoms with E-state index in [1.54, 1.807) is 62.6 Å². The van der Waals surface area contributed by atoms with Crippen LogP contribution in [0, 0.1) is 22.2 Å². The number of oxime groups is 1. The Hall–Kier alpha value is -5.59. The predicted octanol–water partition coefficient (Wildman–Crippen LogP) is 4.75. The second-order valence-corrected chi connectivity index (χ2v) is 12.1. The minimum Gasteiger partial charge on any atom is -0.477 e. The number of nitriles is 1. The van der Waals surface area contributed by atoms with Crippen LogP contribution >= 0.6 is 0 Å². The molecular formula is C36H44N6O8. The summed E-state index contributed by atoms with van der Waals surface area (Å²) in [6.07, 6.45) is 2.48. The number of carbonyl (C=O) groups excluding carboxylic acids is 1. The summed E-state index contributed by atoms with van der Waals surface area (Å²) < 4.78 is 20.9. The second-order valence-electron chi connectivity index (χ2n) is 12.1. The fraction of sp³-hybridized carbons (Fsp3) is 0.306. The number of aromatic nitrogens is 2. The molecule has 0 saturated carbocycles. The maximum atomic E-state index is 11.6. The Morgan fingerprint density at radius 2 is 1.28 bits per heavy atom. The number of aliphatic hydroxyl groups is 1. The van der Waals surface area contributed by atoms with Gasteiger partial charge in [-0.15, -0.1) is 0 Å². The van der Waals surface area contributed by atoms with Crippen LogP contribution < -0.4 is 21.1 Å². The molecule has 0 amide bonds. The van der Waals surface area contributed by atoms with Crippen LogP contribution in [-0.4, -0.2) is 71.0 Å². The average molecular weight is 689 g/mol. The Labute approximate surface area is 291 Å². The van der Waals surface area contributed by atoms with Crippen molar-refractivity contribution in [1.82, 2.24) is 9.97 Å². The molecule has 0 saturated heterocycles. The highest BCUT2D eigenvalue weighted by molar-refractivity contribution is 5.97. The number of nitrogens with two attached hydrogens (primary N) is 2. The van der Waals surface area contributed by atoms with Crippen LogP contribution in [0.4, 0.5) is 0 Å². The molecule has 1 unspecified atom stereocenters. The zero-order chi connectivity index (χ0) is 37.3. The van der Waals surface area contributed by atoms with Gasteiger partial charge in [0, 0.05) is 53.7 Å². The molecule has 0 aliphatic carbocycles. The highest BCUT2D eigenvalue weighted by Crippen LogP contribution is 2.25. The molecule has 7 N–H and O–H groups in total. The van der Waals surface area contributed by atoms with Crippen LogP contribution in [-0.2, 0) is 14.3 Å². The molecule has 0 spiro atoms. The van der Waals surface area contributed by atoms with Crippen molar-refractivity contribution in [3.63, 3.8) is 0 Å². The number of amidine groups is 1. The normalized spacial score (nSPS) is 11.8. The molecule has 14 nitrogen and oxygen atoms in total. The highest BCUT2D eigenvalue weighted by atomic mass is 16.6. The zero-order valence-electron chi connectivity index (χ0n) is 28.9. The molecule has 14 heteroatoms. The molecule has 2 aromatic carbocycles. The lowest BCUT2D eigenvalue weighted by Crippen LogP contribution is -2.36. The molecule has 0 radical (unpaired) electrons. The first-order valence-corrected chi connectivity index (χ1v) is 15.1. The van der Waals surface area contributed by atoms with E-state index in [0.29, 0.717) is 22.9 Å². The molecule has 4 rings (SSSR count). The number of hydrogen-bond donors (Lipinski definition) is 5. The van der Waals surface area contributed by atoms with Crippen molar-refractivity contribution >= 4 is 11.8 Å². The van der Waals surface area contributed by atoms with E-state index in [2.05, 4.69) is 27.1 Å². The highest BCUT2D eigenvalue weighted by Gasteiger charge is 2.30. The van der Waals surface area contributed by atoms with Crippen molar-refractivity contribution in [3.8, 4) is 40.1 Å². The summed E-state index contributed by atoms with van der Waals surface area (Å²) in [5, 5.41) is 36.7. The Bertz CT molecular complexity index is 1690. The van der Waals surface area contributed by atoms with E-state index in [9.17, 15) is 9.90 Å². The van der Waals surface area contributed by atoms with E-state index >= 15 is 0 Å². The van der Waals surface area contributed by atoms with Gasteiger partial charge in [0.05, 0.1) is 30.8 Å². The molecule has 0 fully saturated rings. The van der Waals surface area contributed by atoms with Crippen LogP contribution in [0.15, 0.2) is 90.3 Å². The van der Waals surface area contributed by atoms with Gasteiger partial charge in [-0.1, -0.05) is 55.4 Å². The van der Waals surface area contributed by atoms with Gasteiger partial charge >= 0.3 is 5.97 Å². The number of esters is 1. The Balaban J connectivity index is 0.000000331. The minimum absolute atomic E-state index is 0.0642. The summed E-state index contributed by atoms with van der Waals surface area (Å²) in [4.78, 5) is 20.1. The Kier molecular flexibility index (Phi) is 15.8. The predicted molar refractivity (Wildman–Crippen MR) is 186 cm³/mol. The van der Waals surface area contributed by atoms with Gasteiger partial charge in [-0.3, -0.25) is 4.79 Å². The number of benzene rings is 2. The van der Waals surface area contributed by atoms with E-state index in [1.807, 2.05) is 50.2 Å². The van der Waals surface area contributed by atoms with Gasteiger partial charge in [-0.2, -0.15) is 5.26 Å². The van der Waals surface area contributed by atoms with Crippen molar-refractivity contribution in [2.45, 2.75) is 34.0 Å². The lowest BCUT2D eigenvalue weighted by atomic mass is 9.94. The van der Waals surface area contributed by atoms with Crippen molar-refractivity contribution < 1.29 is 39.3 Å².